The highest BCUT2D eigenvalue weighted by Gasteiger charge is 2.13. The van der Waals surface area contributed by atoms with E-state index in [-0.39, 0.29) is 0 Å². The number of pyridine rings is 1. The van der Waals surface area contributed by atoms with Gasteiger partial charge in [-0.05, 0) is 59.9 Å². The van der Waals surface area contributed by atoms with Crippen LogP contribution in [0.25, 0.3) is 39.2 Å². The molecule has 0 amide bonds. The zero-order valence-corrected chi connectivity index (χ0v) is 20.5. The summed E-state index contributed by atoms with van der Waals surface area (Å²) in [5.74, 6) is 1.36. The third-order valence-corrected chi connectivity index (χ3v) is 6.48. The highest BCUT2D eigenvalue weighted by Crippen LogP contribution is 2.28. The first-order valence-corrected chi connectivity index (χ1v) is 12.4. The van der Waals surface area contributed by atoms with Gasteiger partial charge in [0, 0.05) is 30.6 Å². The quantitative estimate of drug-likeness (QED) is 0.281. The maximum absolute atomic E-state index is 4.91. The molecule has 3 heterocycles. The monoisotopic (exact) mass is 482 g/mol. The smallest absolute Gasteiger partial charge is 0.225 e. The van der Waals surface area contributed by atoms with Crippen LogP contribution in [-0.4, -0.2) is 31.0 Å². The van der Waals surface area contributed by atoms with Crippen LogP contribution in [-0.2, 0) is 6.42 Å². The van der Waals surface area contributed by atoms with Crippen LogP contribution >= 0.6 is 0 Å². The number of benzene rings is 3. The summed E-state index contributed by atoms with van der Waals surface area (Å²) < 4.78 is 2.03. The zero-order chi connectivity index (χ0) is 25.0. The SMILES string of the molecule is Cc1ccccc1-c1cc(-n2cnc3ccc(-c4ccncc4)cc32)nc(NCCc2ccccc2)n1. The Balaban J connectivity index is 1.41. The van der Waals surface area contributed by atoms with Gasteiger partial charge in [0.05, 0.1) is 16.7 Å². The summed E-state index contributed by atoms with van der Waals surface area (Å²) >= 11 is 0. The molecule has 37 heavy (non-hydrogen) atoms. The molecule has 0 spiro atoms. The molecule has 6 aromatic rings. The summed E-state index contributed by atoms with van der Waals surface area (Å²) in [6.45, 7) is 2.84. The van der Waals surface area contributed by atoms with Crippen molar-refractivity contribution in [2.24, 2.45) is 0 Å². The number of hydrogen-bond donors (Lipinski definition) is 1. The average Bonchev–Trinajstić information content (AvgIpc) is 3.38. The van der Waals surface area contributed by atoms with Crippen molar-refractivity contribution in [3.63, 3.8) is 0 Å². The van der Waals surface area contributed by atoms with Crippen LogP contribution in [0.4, 0.5) is 5.95 Å². The fraction of sp³-hybridized carbons (Fsp3) is 0.0968. The van der Waals surface area contributed by atoms with Gasteiger partial charge in [0.2, 0.25) is 5.95 Å². The standard InChI is InChI=1S/C31H26N6/c1-22-7-5-6-10-26(22)28-20-30(36-31(35-28)33-18-13-23-8-3-2-4-9-23)37-21-34-27-12-11-25(19-29(27)37)24-14-16-32-17-15-24/h2-12,14-17,19-21H,13,18H2,1H3,(H,33,35,36). The van der Waals surface area contributed by atoms with E-state index >= 15 is 0 Å². The van der Waals surface area contributed by atoms with Crippen molar-refractivity contribution >= 4 is 17.0 Å². The predicted molar refractivity (Wildman–Crippen MR) is 149 cm³/mol. The van der Waals surface area contributed by atoms with Crippen molar-refractivity contribution in [3.8, 4) is 28.2 Å². The Morgan fingerprint density at radius 1 is 0.784 bits per heavy atom. The molecule has 6 nitrogen and oxygen atoms in total. The van der Waals surface area contributed by atoms with Gasteiger partial charge < -0.3 is 5.32 Å². The molecule has 0 aliphatic carbocycles. The summed E-state index contributed by atoms with van der Waals surface area (Å²) in [6.07, 6.45) is 6.34. The van der Waals surface area contributed by atoms with Crippen LogP contribution in [0.5, 0.6) is 0 Å². The fourth-order valence-electron chi connectivity index (χ4n) is 4.51. The lowest BCUT2D eigenvalue weighted by atomic mass is 10.1. The van der Waals surface area contributed by atoms with E-state index in [4.69, 9.17) is 9.97 Å². The van der Waals surface area contributed by atoms with Crippen molar-refractivity contribution in [1.82, 2.24) is 24.5 Å². The molecule has 0 saturated heterocycles. The largest absolute Gasteiger partial charge is 0.354 e. The second kappa shape index (κ2) is 10.0. The molecule has 6 heteroatoms. The van der Waals surface area contributed by atoms with E-state index in [0.717, 1.165) is 57.8 Å². The summed E-state index contributed by atoms with van der Waals surface area (Å²) in [7, 11) is 0. The van der Waals surface area contributed by atoms with Gasteiger partial charge in [-0.3, -0.25) is 9.55 Å². The minimum Gasteiger partial charge on any atom is -0.354 e. The number of nitrogens with zero attached hydrogens (tertiary/aromatic N) is 5. The van der Waals surface area contributed by atoms with Crippen molar-refractivity contribution in [1.29, 1.82) is 0 Å². The molecule has 3 aromatic carbocycles. The lowest BCUT2D eigenvalue weighted by Gasteiger charge is -2.13. The molecular weight excluding hydrogens is 456 g/mol. The number of hydrogen-bond acceptors (Lipinski definition) is 5. The van der Waals surface area contributed by atoms with Gasteiger partial charge in [-0.1, -0.05) is 60.7 Å². The number of aromatic nitrogens is 5. The Morgan fingerprint density at radius 3 is 2.43 bits per heavy atom. The van der Waals surface area contributed by atoms with E-state index < -0.39 is 0 Å². The van der Waals surface area contributed by atoms with Crippen LogP contribution in [0.15, 0.2) is 110 Å². The molecule has 0 atom stereocenters. The van der Waals surface area contributed by atoms with Gasteiger partial charge in [0.15, 0.2) is 0 Å². The van der Waals surface area contributed by atoms with Crippen molar-refractivity contribution in [3.05, 3.63) is 121 Å². The van der Waals surface area contributed by atoms with E-state index in [9.17, 15) is 0 Å². The van der Waals surface area contributed by atoms with Gasteiger partial charge in [-0.2, -0.15) is 4.98 Å². The number of rotatable bonds is 7. The molecule has 3 aromatic heterocycles. The average molecular weight is 483 g/mol. The number of nitrogens with one attached hydrogen (secondary N) is 1. The molecule has 0 bridgehead atoms. The zero-order valence-electron chi connectivity index (χ0n) is 20.5. The minimum absolute atomic E-state index is 0.596. The van der Waals surface area contributed by atoms with Gasteiger partial charge in [-0.15, -0.1) is 0 Å². The Hall–Kier alpha value is -4.84. The normalized spacial score (nSPS) is 11.1. The molecule has 0 aliphatic rings. The second-order valence-corrected chi connectivity index (χ2v) is 8.97. The first-order valence-electron chi connectivity index (χ1n) is 12.4. The van der Waals surface area contributed by atoms with E-state index in [1.54, 1.807) is 0 Å². The summed E-state index contributed by atoms with van der Waals surface area (Å²) in [6, 6.07) is 31.1. The second-order valence-electron chi connectivity index (χ2n) is 8.97. The number of anilines is 1. The van der Waals surface area contributed by atoms with Crippen LogP contribution in [0.2, 0.25) is 0 Å². The lowest BCUT2D eigenvalue weighted by Crippen LogP contribution is -2.10. The molecule has 0 aliphatic heterocycles. The lowest BCUT2D eigenvalue weighted by molar-refractivity contribution is 0.955. The maximum Gasteiger partial charge on any atom is 0.225 e. The molecule has 180 valence electrons. The van der Waals surface area contributed by atoms with E-state index in [1.165, 1.54) is 5.56 Å². The van der Waals surface area contributed by atoms with Gasteiger partial charge in [-0.25, -0.2) is 9.97 Å². The van der Waals surface area contributed by atoms with Crippen molar-refractivity contribution < 1.29 is 0 Å². The van der Waals surface area contributed by atoms with Crippen LogP contribution in [0.1, 0.15) is 11.1 Å². The first kappa shape index (κ1) is 22.6. The summed E-state index contributed by atoms with van der Waals surface area (Å²) in [5.41, 5.74) is 8.50. The number of imidazole rings is 1. The number of aryl methyl sites for hydroxylation is 1. The molecular formula is C31H26N6. The highest BCUT2D eigenvalue weighted by atomic mass is 15.2. The fourth-order valence-corrected chi connectivity index (χ4v) is 4.51. The first-order chi connectivity index (χ1) is 18.2. The Labute approximate surface area is 215 Å². The van der Waals surface area contributed by atoms with Gasteiger partial charge in [0.25, 0.3) is 0 Å². The third kappa shape index (κ3) is 4.82. The van der Waals surface area contributed by atoms with Gasteiger partial charge in [0.1, 0.15) is 12.1 Å². The van der Waals surface area contributed by atoms with Crippen LogP contribution in [0.3, 0.4) is 0 Å². The molecule has 0 fully saturated rings. The highest BCUT2D eigenvalue weighted by molar-refractivity contribution is 5.83. The Kier molecular flexibility index (Phi) is 6.13. The molecule has 6 rings (SSSR count). The Bertz CT molecular complexity index is 1660. The molecule has 1 N–H and O–H groups in total. The third-order valence-electron chi connectivity index (χ3n) is 6.48. The Morgan fingerprint density at radius 2 is 1.59 bits per heavy atom. The summed E-state index contributed by atoms with van der Waals surface area (Å²) in [4.78, 5) is 18.6. The molecule has 0 unspecified atom stereocenters. The predicted octanol–water partition coefficient (Wildman–Crippen LogP) is 6.51. The van der Waals surface area contributed by atoms with Crippen LogP contribution in [0, 0.1) is 6.92 Å². The van der Waals surface area contributed by atoms with Crippen molar-refractivity contribution in [2.45, 2.75) is 13.3 Å². The maximum atomic E-state index is 4.91. The topological polar surface area (TPSA) is 68.5 Å². The summed E-state index contributed by atoms with van der Waals surface area (Å²) in [5, 5.41) is 3.45. The van der Waals surface area contributed by atoms with E-state index in [0.29, 0.717) is 5.95 Å². The minimum atomic E-state index is 0.596. The molecule has 0 saturated carbocycles. The van der Waals surface area contributed by atoms with E-state index in [2.05, 4.69) is 70.7 Å². The van der Waals surface area contributed by atoms with Crippen LogP contribution < -0.4 is 5.32 Å². The van der Waals surface area contributed by atoms with E-state index in [1.807, 2.05) is 65.8 Å². The molecule has 0 radical (unpaired) electrons. The van der Waals surface area contributed by atoms with Gasteiger partial charge >= 0.3 is 0 Å². The van der Waals surface area contributed by atoms with Crippen molar-refractivity contribution in [2.75, 3.05) is 11.9 Å². The number of fused-ring (bicyclic) bond motifs is 1.